The maximum absolute atomic E-state index is 11.5. The van der Waals surface area contributed by atoms with Crippen LogP contribution in [0.3, 0.4) is 0 Å². The van der Waals surface area contributed by atoms with E-state index in [0.717, 1.165) is 31.7 Å². The number of ether oxygens (including phenoxy) is 2. The quantitative estimate of drug-likeness (QED) is 0.727. The highest BCUT2D eigenvalue weighted by Gasteiger charge is 2.20. The Hall–Kier alpha value is -1.49. The molecule has 0 amide bonds. The molecule has 1 fully saturated rings. The second kappa shape index (κ2) is 5.23. The molecule has 1 saturated heterocycles. The van der Waals surface area contributed by atoms with Crippen LogP contribution < -0.4 is 0 Å². The monoisotopic (exact) mass is 236 g/mol. The number of nitrogens with zero attached hydrogens (tertiary/aromatic N) is 2. The third-order valence-corrected chi connectivity index (χ3v) is 2.89. The Labute approximate surface area is 100 Å². The minimum Gasteiger partial charge on any atom is -0.464 e. The molecule has 1 aliphatic rings. The SMILES string of the molecule is COC(=O)c1cc(C2CCOCC2)nc(C)n1. The Morgan fingerprint density at radius 1 is 1.41 bits per heavy atom. The number of hydrogen-bond donors (Lipinski definition) is 0. The van der Waals surface area contributed by atoms with E-state index < -0.39 is 5.97 Å². The van der Waals surface area contributed by atoms with Crippen molar-refractivity contribution in [2.45, 2.75) is 25.7 Å². The number of aromatic nitrogens is 2. The van der Waals surface area contributed by atoms with E-state index in [2.05, 4.69) is 14.7 Å². The van der Waals surface area contributed by atoms with E-state index in [1.165, 1.54) is 7.11 Å². The predicted molar refractivity (Wildman–Crippen MR) is 60.9 cm³/mol. The van der Waals surface area contributed by atoms with Gasteiger partial charge in [0.1, 0.15) is 5.82 Å². The minimum absolute atomic E-state index is 0.335. The van der Waals surface area contributed by atoms with E-state index in [1.807, 2.05) is 0 Å². The van der Waals surface area contributed by atoms with Crippen molar-refractivity contribution in [3.05, 3.63) is 23.3 Å². The van der Waals surface area contributed by atoms with Crippen LogP contribution in [0.2, 0.25) is 0 Å². The van der Waals surface area contributed by atoms with E-state index in [9.17, 15) is 4.79 Å². The van der Waals surface area contributed by atoms with E-state index >= 15 is 0 Å². The second-order valence-corrected chi connectivity index (χ2v) is 4.10. The lowest BCUT2D eigenvalue weighted by atomic mass is 9.96. The average molecular weight is 236 g/mol. The Balaban J connectivity index is 2.27. The molecule has 0 N–H and O–H groups in total. The number of aryl methyl sites for hydroxylation is 1. The first-order chi connectivity index (χ1) is 8.20. The molecule has 92 valence electrons. The Morgan fingerprint density at radius 2 is 2.12 bits per heavy atom. The summed E-state index contributed by atoms with van der Waals surface area (Å²) in [5.41, 5.74) is 1.25. The maximum Gasteiger partial charge on any atom is 0.356 e. The van der Waals surface area contributed by atoms with Gasteiger partial charge in [-0.1, -0.05) is 0 Å². The fourth-order valence-electron chi connectivity index (χ4n) is 2.00. The number of carbonyl (C=O) groups excluding carboxylic acids is 1. The van der Waals surface area contributed by atoms with Gasteiger partial charge < -0.3 is 9.47 Å². The maximum atomic E-state index is 11.5. The first kappa shape index (κ1) is 12.0. The van der Waals surface area contributed by atoms with E-state index in [4.69, 9.17) is 4.74 Å². The number of carbonyl (C=O) groups is 1. The summed E-state index contributed by atoms with van der Waals surface area (Å²) in [5.74, 6) is 0.548. The van der Waals surface area contributed by atoms with Gasteiger partial charge in [0.15, 0.2) is 5.69 Å². The molecule has 2 heterocycles. The van der Waals surface area contributed by atoms with Gasteiger partial charge in [-0.05, 0) is 25.8 Å². The van der Waals surface area contributed by atoms with Crippen molar-refractivity contribution in [1.29, 1.82) is 0 Å². The molecule has 17 heavy (non-hydrogen) atoms. The molecule has 1 aromatic heterocycles. The molecular formula is C12H16N2O3. The summed E-state index contributed by atoms with van der Waals surface area (Å²) in [7, 11) is 1.36. The largest absolute Gasteiger partial charge is 0.464 e. The zero-order chi connectivity index (χ0) is 12.3. The highest BCUT2D eigenvalue weighted by Crippen LogP contribution is 2.25. The smallest absolute Gasteiger partial charge is 0.356 e. The van der Waals surface area contributed by atoms with Crippen molar-refractivity contribution in [3.8, 4) is 0 Å². The average Bonchev–Trinajstić information content (AvgIpc) is 2.38. The van der Waals surface area contributed by atoms with Gasteiger partial charge in [-0.15, -0.1) is 0 Å². The zero-order valence-electron chi connectivity index (χ0n) is 10.1. The first-order valence-corrected chi connectivity index (χ1v) is 5.72. The normalized spacial score (nSPS) is 16.8. The lowest BCUT2D eigenvalue weighted by Crippen LogP contribution is -2.17. The molecule has 2 rings (SSSR count). The Kier molecular flexibility index (Phi) is 3.68. The number of hydrogen-bond acceptors (Lipinski definition) is 5. The summed E-state index contributed by atoms with van der Waals surface area (Å²) in [5, 5.41) is 0. The fraction of sp³-hybridized carbons (Fsp3) is 0.583. The molecule has 0 aromatic carbocycles. The van der Waals surface area contributed by atoms with Crippen LogP contribution in [0.15, 0.2) is 6.07 Å². The van der Waals surface area contributed by atoms with E-state index in [-0.39, 0.29) is 0 Å². The van der Waals surface area contributed by atoms with Crippen LogP contribution in [0.25, 0.3) is 0 Å². The molecule has 5 nitrogen and oxygen atoms in total. The molecule has 0 radical (unpaired) electrons. The standard InChI is InChI=1S/C12H16N2O3/c1-8-13-10(9-3-5-17-6-4-9)7-11(14-8)12(15)16-2/h7,9H,3-6H2,1-2H3. The topological polar surface area (TPSA) is 61.3 Å². The van der Waals surface area contributed by atoms with Gasteiger partial charge in [0, 0.05) is 24.8 Å². The van der Waals surface area contributed by atoms with Crippen molar-refractivity contribution in [2.75, 3.05) is 20.3 Å². The molecule has 0 saturated carbocycles. The molecule has 0 aliphatic carbocycles. The van der Waals surface area contributed by atoms with Gasteiger partial charge in [0.2, 0.25) is 0 Å². The highest BCUT2D eigenvalue weighted by molar-refractivity contribution is 5.87. The summed E-state index contributed by atoms with van der Waals surface area (Å²) in [4.78, 5) is 19.9. The Bertz CT molecular complexity index is 414. The van der Waals surface area contributed by atoms with Gasteiger partial charge in [-0.2, -0.15) is 0 Å². The summed E-state index contributed by atoms with van der Waals surface area (Å²) in [6.45, 7) is 3.29. The van der Waals surface area contributed by atoms with Gasteiger partial charge in [0.05, 0.1) is 7.11 Å². The van der Waals surface area contributed by atoms with Crippen molar-refractivity contribution in [1.82, 2.24) is 9.97 Å². The van der Waals surface area contributed by atoms with E-state index in [1.54, 1.807) is 13.0 Å². The lowest BCUT2D eigenvalue weighted by molar-refractivity contribution is 0.0593. The van der Waals surface area contributed by atoms with Gasteiger partial charge in [0.25, 0.3) is 0 Å². The molecule has 0 unspecified atom stereocenters. The Morgan fingerprint density at radius 3 is 2.76 bits per heavy atom. The van der Waals surface area contributed by atoms with Crippen molar-refractivity contribution < 1.29 is 14.3 Å². The van der Waals surface area contributed by atoms with Crippen LogP contribution in [-0.4, -0.2) is 36.3 Å². The molecule has 0 atom stereocenters. The van der Waals surface area contributed by atoms with Crippen molar-refractivity contribution in [3.63, 3.8) is 0 Å². The van der Waals surface area contributed by atoms with Crippen LogP contribution in [0.5, 0.6) is 0 Å². The van der Waals surface area contributed by atoms with Crippen LogP contribution in [0.1, 0.15) is 40.8 Å². The molecule has 0 spiro atoms. The summed E-state index contributed by atoms with van der Waals surface area (Å²) in [6, 6.07) is 1.73. The third kappa shape index (κ3) is 2.79. The molecular weight excluding hydrogens is 220 g/mol. The predicted octanol–water partition coefficient (Wildman–Crippen LogP) is 1.47. The van der Waals surface area contributed by atoms with Gasteiger partial charge >= 0.3 is 5.97 Å². The molecule has 1 aliphatic heterocycles. The number of methoxy groups -OCH3 is 1. The van der Waals surface area contributed by atoms with Crippen LogP contribution in [-0.2, 0) is 9.47 Å². The van der Waals surface area contributed by atoms with Crippen LogP contribution in [0, 0.1) is 6.92 Å². The summed E-state index contributed by atoms with van der Waals surface area (Å²) >= 11 is 0. The molecule has 0 bridgehead atoms. The summed E-state index contributed by atoms with van der Waals surface area (Å²) in [6.07, 6.45) is 1.88. The second-order valence-electron chi connectivity index (χ2n) is 4.10. The third-order valence-electron chi connectivity index (χ3n) is 2.89. The lowest BCUT2D eigenvalue weighted by Gasteiger charge is -2.21. The zero-order valence-corrected chi connectivity index (χ0v) is 10.1. The number of rotatable bonds is 2. The van der Waals surface area contributed by atoms with Crippen molar-refractivity contribution in [2.24, 2.45) is 0 Å². The fourth-order valence-corrected chi connectivity index (χ4v) is 2.00. The van der Waals surface area contributed by atoms with E-state index in [0.29, 0.717) is 17.4 Å². The minimum atomic E-state index is -0.413. The van der Waals surface area contributed by atoms with Crippen LogP contribution in [0.4, 0.5) is 0 Å². The summed E-state index contributed by atoms with van der Waals surface area (Å²) < 4.78 is 9.99. The van der Waals surface area contributed by atoms with Gasteiger partial charge in [-0.3, -0.25) is 0 Å². The molecule has 5 heteroatoms. The van der Waals surface area contributed by atoms with Crippen molar-refractivity contribution >= 4 is 5.97 Å². The van der Waals surface area contributed by atoms with Crippen LogP contribution >= 0.6 is 0 Å². The number of esters is 1. The van der Waals surface area contributed by atoms with Gasteiger partial charge in [-0.25, -0.2) is 14.8 Å². The molecule has 1 aromatic rings. The first-order valence-electron chi connectivity index (χ1n) is 5.72. The highest BCUT2D eigenvalue weighted by atomic mass is 16.5.